The lowest BCUT2D eigenvalue weighted by Gasteiger charge is -2.11. The van der Waals surface area contributed by atoms with Crippen molar-refractivity contribution in [2.45, 2.75) is 4.90 Å². The normalized spacial score (nSPS) is 10.7. The monoisotopic (exact) mass is 443 g/mol. The molecule has 9 nitrogen and oxygen atoms in total. The van der Waals surface area contributed by atoms with Crippen LogP contribution in [0.3, 0.4) is 0 Å². The fourth-order valence-electron chi connectivity index (χ4n) is 2.24. The van der Waals surface area contributed by atoms with E-state index >= 15 is 0 Å². The number of sulfonamides is 1. The summed E-state index contributed by atoms with van der Waals surface area (Å²) in [5, 5.41) is 5.35. The molecule has 1 amide bonds. The largest absolute Gasteiger partial charge is 0.484 e. The van der Waals surface area contributed by atoms with E-state index in [-0.39, 0.29) is 22.6 Å². The van der Waals surface area contributed by atoms with E-state index in [1.165, 1.54) is 36.7 Å². The highest BCUT2D eigenvalue weighted by atomic mass is 32.2. The maximum Gasteiger partial charge on any atom is 0.264 e. The molecule has 3 aromatic rings. The molecule has 0 saturated carbocycles. The van der Waals surface area contributed by atoms with Gasteiger partial charge in [0.25, 0.3) is 15.9 Å². The van der Waals surface area contributed by atoms with Crippen molar-refractivity contribution in [3.8, 4) is 5.75 Å². The molecule has 11 heteroatoms. The average Bonchev–Trinajstić information content (AvgIpc) is 2.74. The van der Waals surface area contributed by atoms with Gasteiger partial charge < -0.3 is 10.1 Å². The standard InChI is InChI=1S/C19H17N5O4S2/c25-17(13-28-15-5-2-1-3-6-15)23-19(29)22-14-7-9-16(10-8-14)30(26,27)24-18-20-11-4-12-21-18/h1-12H,13H2,(H,20,21,24)(H2,22,23,25,29). The summed E-state index contributed by atoms with van der Waals surface area (Å²) in [5.74, 6) is 0.113. The number of rotatable bonds is 7. The van der Waals surface area contributed by atoms with Crippen molar-refractivity contribution in [1.82, 2.24) is 15.3 Å². The Balaban J connectivity index is 1.52. The Labute approximate surface area is 178 Å². The van der Waals surface area contributed by atoms with Crippen LogP contribution in [0.2, 0.25) is 0 Å². The Hall–Kier alpha value is -3.57. The van der Waals surface area contributed by atoms with Gasteiger partial charge in [0.05, 0.1) is 4.90 Å². The zero-order valence-corrected chi connectivity index (χ0v) is 17.1. The summed E-state index contributed by atoms with van der Waals surface area (Å²) in [5.41, 5.74) is 0.499. The summed E-state index contributed by atoms with van der Waals surface area (Å²) < 4.78 is 32.3. The number of aromatic nitrogens is 2. The minimum Gasteiger partial charge on any atom is -0.484 e. The number of para-hydroxylation sites is 1. The number of benzene rings is 2. The van der Waals surface area contributed by atoms with Gasteiger partial charge >= 0.3 is 0 Å². The van der Waals surface area contributed by atoms with Crippen LogP contribution in [0.5, 0.6) is 5.75 Å². The number of carbonyl (C=O) groups excluding carboxylic acids is 1. The van der Waals surface area contributed by atoms with E-state index < -0.39 is 15.9 Å². The molecule has 1 aromatic heterocycles. The molecule has 0 aliphatic carbocycles. The SMILES string of the molecule is O=C(COc1ccccc1)NC(=S)Nc1ccc(S(=O)(=O)Nc2ncccn2)cc1. The molecule has 0 unspecified atom stereocenters. The average molecular weight is 444 g/mol. The predicted molar refractivity (Wildman–Crippen MR) is 116 cm³/mol. The molecule has 3 rings (SSSR count). The second-order valence-electron chi connectivity index (χ2n) is 5.81. The number of hydrogen-bond donors (Lipinski definition) is 3. The molecule has 0 atom stereocenters. The third-order valence-corrected chi connectivity index (χ3v) is 5.13. The van der Waals surface area contributed by atoms with Crippen molar-refractivity contribution in [2.24, 2.45) is 0 Å². The van der Waals surface area contributed by atoms with Crippen LogP contribution in [0.15, 0.2) is 78.0 Å². The minimum atomic E-state index is -3.83. The number of anilines is 2. The number of hydrogen-bond acceptors (Lipinski definition) is 7. The van der Waals surface area contributed by atoms with Gasteiger partial charge in [-0.2, -0.15) is 0 Å². The Morgan fingerprint density at radius 1 is 0.967 bits per heavy atom. The second-order valence-corrected chi connectivity index (χ2v) is 7.90. The fourth-order valence-corrected chi connectivity index (χ4v) is 3.43. The molecule has 0 aliphatic rings. The topological polar surface area (TPSA) is 122 Å². The quantitative estimate of drug-likeness (QED) is 0.475. The molecule has 30 heavy (non-hydrogen) atoms. The summed E-state index contributed by atoms with van der Waals surface area (Å²) in [6, 6.07) is 16.3. The van der Waals surface area contributed by atoms with Crippen LogP contribution in [-0.2, 0) is 14.8 Å². The first-order valence-electron chi connectivity index (χ1n) is 8.61. The number of nitrogens with zero attached hydrogens (tertiary/aromatic N) is 2. The molecule has 2 aromatic carbocycles. The van der Waals surface area contributed by atoms with E-state index in [2.05, 4.69) is 25.3 Å². The summed E-state index contributed by atoms with van der Waals surface area (Å²) in [6.45, 7) is -0.198. The summed E-state index contributed by atoms with van der Waals surface area (Å²) in [6.07, 6.45) is 2.86. The first kappa shape index (κ1) is 21.1. The van der Waals surface area contributed by atoms with Crippen LogP contribution < -0.4 is 20.1 Å². The van der Waals surface area contributed by atoms with Gasteiger partial charge in [0.15, 0.2) is 11.7 Å². The van der Waals surface area contributed by atoms with Crippen LogP contribution in [-0.4, -0.2) is 36.0 Å². The van der Waals surface area contributed by atoms with Crippen LogP contribution >= 0.6 is 12.2 Å². The van der Waals surface area contributed by atoms with Gasteiger partial charge in [-0.15, -0.1) is 0 Å². The van der Waals surface area contributed by atoms with E-state index in [9.17, 15) is 13.2 Å². The molecule has 0 bridgehead atoms. The van der Waals surface area contributed by atoms with E-state index in [0.29, 0.717) is 11.4 Å². The van der Waals surface area contributed by atoms with Gasteiger partial charge in [-0.3, -0.25) is 10.1 Å². The molecule has 3 N–H and O–H groups in total. The third-order valence-electron chi connectivity index (χ3n) is 3.58. The summed E-state index contributed by atoms with van der Waals surface area (Å²) in [7, 11) is -3.83. The maximum absolute atomic E-state index is 12.4. The molecule has 0 spiro atoms. The molecule has 0 fully saturated rings. The van der Waals surface area contributed by atoms with E-state index in [0.717, 1.165) is 0 Å². The molecule has 0 radical (unpaired) electrons. The van der Waals surface area contributed by atoms with E-state index in [1.807, 2.05) is 6.07 Å². The van der Waals surface area contributed by atoms with Crippen molar-refractivity contribution in [2.75, 3.05) is 16.6 Å². The van der Waals surface area contributed by atoms with Crippen molar-refractivity contribution in [3.05, 3.63) is 73.1 Å². The van der Waals surface area contributed by atoms with Gasteiger partial charge in [0.2, 0.25) is 5.95 Å². The Bertz CT molecular complexity index is 1110. The van der Waals surface area contributed by atoms with Crippen LogP contribution in [0.4, 0.5) is 11.6 Å². The van der Waals surface area contributed by atoms with E-state index in [4.69, 9.17) is 17.0 Å². The van der Waals surface area contributed by atoms with Crippen LogP contribution in [0.1, 0.15) is 0 Å². The molecule has 154 valence electrons. The lowest BCUT2D eigenvalue weighted by atomic mass is 10.3. The Morgan fingerprint density at radius 3 is 2.30 bits per heavy atom. The highest BCUT2D eigenvalue weighted by Gasteiger charge is 2.15. The zero-order valence-electron chi connectivity index (χ0n) is 15.5. The highest BCUT2D eigenvalue weighted by molar-refractivity contribution is 7.92. The number of carbonyl (C=O) groups is 1. The maximum atomic E-state index is 12.4. The summed E-state index contributed by atoms with van der Waals surface area (Å²) >= 11 is 5.09. The number of thiocarbonyl (C=S) groups is 1. The summed E-state index contributed by atoms with van der Waals surface area (Å²) in [4.78, 5) is 19.6. The van der Waals surface area contributed by atoms with Gasteiger partial charge in [-0.05, 0) is 54.7 Å². The van der Waals surface area contributed by atoms with Crippen LogP contribution in [0.25, 0.3) is 0 Å². The number of nitrogens with one attached hydrogen (secondary N) is 3. The van der Waals surface area contributed by atoms with Crippen molar-refractivity contribution in [3.63, 3.8) is 0 Å². The van der Waals surface area contributed by atoms with Crippen LogP contribution in [0, 0.1) is 0 Å². The predicted octanol–water partition coefficient (Wildman–Crippen LogP) is 2.17. The molecule has 0 saturated heterocycles. The first-order valence-corrected chi connectivity index (χ1v) is 10.5. The minimum absolute atomic E-state index is 0.0201. The van der Waals surface area contributed by atoms with Crippen molar-refractivity contribution < 1.29 is 17.9 Å². The lowest BCUT2D eigenvalue weighted by Crippen LogP contribution is -2.37. The highest BCUT2D eigenvalue weighted by Crippen LogP contribution is 2.16. The fraction of sp³-hybridized carbons (Fsp3) is 0.0526. The molecular formula is C19H17N5O4S2. The van der Waals surface area contributed by atoms with Crippen molar-refractivity contribution >= 4 is 44.9 Å². The Kier molecular flexibility index (Phi) is 6.88. The van der Waals surface area contributed by atoms with E-state index in [1.54, 1.807) is 30.3 Å². The zero-order chi connectivity index (χ0) is 21.4. The molecule has 1 heterocycles. The Morgan fingerprint density at radius 2 is 1.63 bits per heavy atom. The lowest BCUT2D eigenvalue weighted by molar-refractivity contribution is -0.121. The third kappa shape index (κ3) is 6.22. The smallest absolute Gasteiger partial charge is 0.264 e. The van der Waals surface area contributed by atoms with Gasteiger partial charge in [-0.1, -0.05) is 18.2 Å². The van der Waals surface area contributed by atoms with Gasteiger partial charge in [0.1, 0.15) is 5.75 Å². The molecule has 0 aliphatic heterocycles. The van der Waals surface area contributed by atoms with Crippen molar-refractivity contribution in [1.29, 1.82) is 0 Å². The van der Waals surface area contributed by atoms with Gasteiger partial charge in [-0.25, -0.2) is 23.1 Å². The first-order chi connectivity index (χ1) is 14.4. The second kappa shape index (κ2) is 9.76. The van der Waals surface area contributed by atoms with Gasteiger partial charge in [0, 0.05) is 18.1 Å². The molecular weight excluding hydrogens is 426 g/mol. The number of amides is 1. The number of ether oxygens (including phenoxy) is 1.